The second-order valence-corrected chi connectivity index (χ2v) is 46.9. The fourth-order valence-electron chi connectivity index (χ4n) is 10.8. The van der Waals surface area contributed by atoms with Crippen LogP contribution in [-0.4, -0.2) is 51.5 Å². The van der Waals surface area contributed by atoms with Crippen LogP contribution in [0.1, 0.15) is 46.2 Å². The zero-order valence-corrected chi connectivity index (χ0v) is 37.3. The van der Waals surface area contributed by atoms with Crippen LogP contribution in [0.25, 0.3) is 0 Å². The van der Waals surface area contributed by atoms with Gasteiger partial charge >= 0.3 is 24.7 Å². The number of benzene rings is 2. The van der Waals surface area contributed by atoms with Crippen LogP contribution < -0.4 is 4.98 Å². The predicted molar refractivity (Wildman–Crippen MR) is 200 cm³/mol. The molecule has 1 atom stereocenters. The molecule has 20 heteroatoms. The van der Waals surface area contributed by atoms with Crippen molar-refractivity contribution >= 4 is 46.4 Å². The third-order valence-electron chi connectivity index (χ3n) is 12.1. The number of rotatable bonds is 6. The highest BCUT2D eigenvalue weighted by atomic mass is 28.5. The summed E-state index contributed by atoms with van der Waals surface area (Å²) in [5.74, 6) is 0. The summed E-state index contributed by atoms with van der Waals surface area (Å²) in [4.78, 5) is 3.32. The van der Waals surface area contributed by atoms with Crippen molar-refractivity contribution in [2.45, 2.75) is 130 Å². The molecule has 0 saturated carbocycles. The third kappa shape index (κ3) is 6.77. The summed E-state index contributed by atoms with van der Waals surface area (Å²) in [5, 5.41) is 13.2. The van der Waals surface area contributed by atoms with Gasteiger partial charge in [-0.15, -0.1) is 0 Å². The van der Waals surface area contributed by atoms with E-state index in [0.717, 1.165) is 0 Å². The van der Waals surface area contributed by atoms with Crippen molar-refractivity contribution in [2.75, 3.05) is 0 Å². The van der Waals surface area contributed by atoms with Crippen LogP contribution in [0.3, 0.4) is 0 Å². The lowest BCUT2D eigenvalue weighted by Crippen LogP contribution is -2.81. The number of nitrogens with zero attached hydrogens (tertiary/aromatic N) is 1. The van der Waals surface area contributed by atoms with Gasteiger partial charge in [0, 0.05) is 43.4 Å². The van der Waals surface area contributed by atoms with Crippen molar-refractivity contribution in [3.8, 4) is 0 Å². The lowest BCUT2D eigenvalue weighted by Gasteiger charge is -2.64. The minimum atomic E-state index is -5.38. The average molecular weight is 869 g/mol. The number of hydrogen-bond acceptors (Lipinski definition) is 3. The highest BCUT2D eigenvalue weighted by Crippen LogP contribution is 2.76. The Morgan fingerprint density at radius 1 is 0.519 bits per heavy atom. The van der Waals surface area contributed by atoms with Crippen molar-refractivity contribution < 1.29 is 57.8 Å². The number of hydrogen-bond donors (Lipinski definition) is 2. The SMILES string of the molecule is C[Si](C)(C)C1([Si](C)(C)C)CCC([Si](C)(C)C)([Si](C)(C)C)[Si]12N=C(c1cc(C(F)(F)F)cc(C(F)(F)F)c1)C(O)(c1cc(C(F)(F)F)cc(C(F)(F)F)c1)N2. The summed E-state index contributed by atoms with van der Waals surface area (Å²) in [6.45, 7) is 25.0. The maximum atomic E-state index is 14.4. The van der Waals surface area contributed by atoms with Gasteiger partial charge < -0.3 is 9.76 Å². The summed E-state index contributed by atoms with van der Waals surface area (Å²) < 4.78 is 176. The van der Waals surface area contributed by atoms with Crippen LogP contribution in [0.5, 0.6) is 0 Å². The first-order chi connectivity index (χ1) is 23.6. The Bertz CT molecular complexity index is 1690. The Labute approximate surface area is 313 Å². The molecule has 2 aromatic carbocycles. The highest BCUT2D eigenvalue weighted by Gasteiger charge is 2.84. The predicted octanol–water partition coefficient (Wildman–Crippen LogP) is 12.2. The monoisotopic (exact) mass is 868 g/mol. The molecule has 2 N–H and O–H groups in total. The zero-order chi connectivity index (χ0) is 42.1. The van der Waals surface area contributed by atoms with Gasteiger partial charge in [0.25, 0.3) is 8.40 Å². The Morgan fingerprint density at radius 3 is 1.06 bits per heavy atom. The van der Waals surface area contributed by atoms with Gasteiger partial charge in [-0.3, -0.25) is 4.98 Å². The maximum Gasteiger partial charge on any atom is 0.416 e. The van der Waals surface area contributed by atoms with Crippen LogP contribution in [0, 0.1) is 0 Å². The molecule has 3 nitrogen and oxygen atoms in total. The van der Waals surface area contributed by atoms with Gasteiger partial charge in [-0.2, -0.15) is 52.7 Å². The third-order valence-corrected chi connectivity index (χ3v) is 49.9. The standard InChI is InChI=1S/C34H48F12N2OSi5/c1-50(2,3)28(51(4,5)6)13-14-29(52(7,8)9,53(10,11)12)54(28)47-27(21-15-23(31(35,36)37)19-24(16-21)32(38,39)40)30(49,48-54)22-17-25(33(41,42)43)20-26(18-22)34(44,45)46/h15-20,48-49H,13-14H2,1-12H3. The van der Waals surface area contributed by atoms with Crippen molar-refractivity contribution in [1.29, 1.82) is 0 Å². The smallest absolute Gasteiger partial charge is 0.367 e. The lowest BCUT2D eigenvalue weighted by atomic mass is 9.89. The van der Waals surface area contributed by atoms with Gasteiger partial charge in [-0.25, -0.2) is 0 Å². The molecule has 2 heterocycles. The molecule has 2 aromatic rings. The number of nitrogens with one attached hydrogen (secondary N) is 1. The van der Waals surface area contributed by atoms with Crippen LogP contribution >= 0.6 is 0 Å². The molecule has 1 saturated heterocycles. The van der Waals surface area contributed by atoms with E-state index in [4.69, 9.17) is 4.66 Å². The maximum absolute atomic E-state index is 14.4. The quantitative estimate of drug-likeness (QED) is 0.224. The molecule has 1 spiro atoms. The first-order valence-electron chi connectivity index (χ1n) is 17.4. The molecule has 54 heavy (non-hydrogen) atoms. The molecule has 0 bridgehead atoms. The van der Waals surface area contributed by atoms with E-state index in [1.165, 1.54) is 0 Å². The molecule has 0 radical (unpaired) electrons. The largest absolute Gasteiger partial charge is 0.416 e. The fourth-order valence-corrected chi connectivity index (χ4v) is 59.1. The van der Waals surface area contributed by atoms with Gasteiger partial charge in [0.1, 0.15) is 0 Å². The molecule has 1 fully saturated rings. The summed E-state index contributed by atoms with van der Waals surface area (Å²) in [7, 11) is -14.9. The number of alkyl halides is 12. The summed E-state index contributed by atoms with van der Waals surface area (Å²) in [5.41, 5.74) is -13.1. The minimum absolute atomic E-state index is 0.122. The van der Waals surface area contributed by atoms with E-state index in [1.54, 1.807) is 0 Å². The summed E-state index contributed by atoms with van der Waals surface area (Å²) >= 11 is 0. The van der Waals surface area contributed by atoms with E-state index in [9.17, 15) is 57.8 Å². The molecule has 0 aromatic heterocycles. The topological polar surface area (TPSA) is 44.6 Å². The van der Waals surface area contributed by atoms with E-state index in [2.05, 4.69) is 83.5 Å². The molecular weight excluding hydrogens is 821 g/mol. The average Bonchev–Trinajstić information content (AvgIpc) is 3.43. The van der Waals surface area contributed by atoms with E-state index in [0.29, 0.717) is 25.0 Å². The van der Waals surface area contributed by atoms with Gasteiger partial charge in [-0.05, 0) is 45.0 Å². The first kappa shape index (κ1) is 45.0. The molecule has 1 unspecified atom stereocenters. The van der Waals surface area contributed by atoms with Gasteiger partial charge in [0.15, 0.2) is 5.72 Å². The van der Waals surface area contributed by atoms with E-state index in [-0.39, 0.29) is 24.3 Å². The van der Waals surface area contributed by atoms with Crippen molar-refractivity contribution in [3.63, 3.8) is 0 Å². The van der Waals surface area contributed by atoms with Crippen LogP contribution in [-0.2, 0) is 30.4 Å². The van der Waals surface area contributed by atoms with Crippen molar-refractivity contribution in [1.82, 2.24) is 4.98 Å². The molecular formula is C34H48F12N2OSi5. The normalized spacial score (nSPS) is 22.6. The highest BCUT2D eigenvalue weighted by molar-refractivity contribution is 7.26. The molecule has 4 rings (SSSR count). The minimum Gasteiger partial charge on any atom is -0.367 e. The van der Waals surface area contributed by atoms with E-state index in [1.807, 2.05) is 0 Å². The van der Waals surface area contributed by atoms with Gasteiger partial charge in [0.2, 0.25) is 0 Å². The Morgan fingerprint density at radius 2 is 0.796 bits per heavy atom. The van der Waals surface area contributed by atoms with E-state index < -0.39 is 119 Å². The Kier molecular flexibility index (Phi) is 10.5. The summed E-state index contributed by atoms with van der Waals surface area (Å²) in [6.07, 6.45) is -20.4. The molecule has 304 valence electrons. The van der Waals surface area contributed by atoms with Crippen molar-refractivity contribution in [2.24, 2.45) is 4.66 Å². The zero-order valence-electron chi connectivity index (χ0n) is 32.3. The number of halogens is 12. The molecule has 2 aliphatic rings. The fraction of sp³-hybridized carbons (Fsp3) is 0.618. The van der Waals surface area contributed by atoms with Gasteiger partial charge in [0.05, 0.1) is 28.0 Å². The van der Waals surface area contributed by atoms with Gasteiger partial charge in [-0.1, -0.05) is 91.4 Å². The molecule has 0 amide bonds. The Balaban J connectivity index is 2.42. The Hall–Kier alpha value is -1.73. The van der Waals surface area contributed by atoms with Crippen LogP contribution in [0.15, 0.2) is 41.1 Å². The second-order valence-electron chi connectivity index (χ2n) is 18.9. The lowest BCUT2D eigenvalue weighted by molar-refractivity contribution is -0.144. The number of aliphatic hydroxyl groups is 1. The van der Waals surface area contributed by atoms with E-state index >= 15 is 0 Å². The second kappa shape index (κ2) is 12.6. The van der Waals surface area contributed by atoms with Crippen LogP contribution in [0.4, 0.5) is 52.7 Å². The molecule has 0 aliphatic carbocycles. The van der Waals surface area contributed by atoms with Crippen molar-refractivity contribution in [3.05, 3.63) is 69.8 Å². The first-order valence-corrected chi connectivity index (χ1v) is 33.3. The summed E-state index contributed by atoms with van der Waals surface area (Å²) in [6, 6.07) is 0.995. The molecule has 2 aliphatic heterocycles. The van der Waals surface area contributed by atoms with Crippen LogP contribution in [0.2, 0.25) is 87.1 Å².